The molecular formula is C8H11NOS. The summed E-state index contributed by atoms with van der Waals surface area (Å²) in [6, 6.07) is 0. The summed E-state index contributed by atoms with van der Waals surface area (Å²) in [4.78, 5) is 4.18. The van der Waals surface area contributed by atoms with Gasteiger partial charge in [0.25, 0.3) is 0 Å². The van der Waals surface area contributed by atoms with E-state index in [-0.39, 0.29) is 5.76 Å². The minimum Gasteiger partial charge on any atom is -0.506 e. The Kier molecular flexibility index (Phi) is 2.29. The van der Waals surface area contributed by atoms with Gasteiger partial charge in [0.15, 0.2) is 0 Å². The summed E-state index contributed by atoms with van der Waals surface area (Å²) in [6.07, 6.45) is 0. The fraction of sp³-hybridized carbons (Fsp3) is 0.375. The zero-order chi connectivity index (χ0) is 8.43. The molecule has 1 heterocycles. The SMILES string of the molecule is C=C(O)c1csc(C(C)C)n1. The molecule has 0 aliphatic heterocycles. The van der Waals surface area contributed by atoms with Crippen molar-refractivity contribution in [2.45, 2.75) is 19.8 Å². The quantitative estimate of drug-likeness (QED) is 0.690. The number of aliphatic hydroxyl groups excluding tert-OH is 1. The first-order chi connectivity index (χ1) is 5.11. The molecule has 1 aromatic rings. The van der Waals surface area contributed by atoms with Crippen molar-refractivity contribution in [3.63, 3.8) is 0 Å². The summed E-state index contributed by atoms with van der Waals surface area (Å²) in [7, 11) is 0. The highest BCUT2D eigenvalue weighted by Crippen LogP contribution is 2.21. The highest BCUT2D eigenvalue weighted by molar-refractivity contribution is 7.09. The van der Waals surface area contributed by atoms with E-state index in [1.165, 1.54) is 0 Å². The van der Waals surface area contributed by atoms with E-state index in [1.54, 1.807) is 11.3 Å². The Balaban J connectivity index is 2.90. The summed E-state index contributed by atoms with van der Waals surface area (Å²) in [6.45, 7) is 7.54. The maximum absolute atomic E-state index is 8.97. The molecule has 1 rings (SSSR count). The van der Waals surface area contributed by atoms with Gasteiger partial charge in [0.1, 0.15) is 11.5 Å². The van der Waals surface area contributed by atoms with Crippen molar-refractivity contribution in [2.75, 3.05) is 0 Å². The van der Waals surface area contributed by atoms with Crippen LogP contribution >= 0.6 is 11.3 Å². The molecule has 0 fully saturated rings. The molecule has 0 saturated carbocycles. The summed E-state index contributed by atoms with van der Waals surface area (Å²) in [5.41, 5.74) is 0.596. The van der Waals surface area contributed by atoms with Gasteiger partial charge in [-0.1, -0.05) is 20.4 Å². The van der Waals surface area contributed by atoms with Crippen molar-refractivity contribution < 1.29 is 5.11 Å². The van der Waals surface area contributed by atoms with Crippen LogP contribution in [0.3, 0.4) is 0 Å². The number of rotatable bonds is 2. The number of hydrogen-bond acceptors (Lipinski definition) is 3. The third kappa shape index (κ3) is 1.80. The van der Waals surface area contributed by atoms with E-state index in [2.05, 4.69) is 25.4 Å². The van der Waals surface area contributed by atoms with Crippen LogP contribution in [0.2, 0.25) is 0 Å². The number of hydrogen-bond donors (Lipinski definition) is 1. The van der Waals surface area contributed by atoms with Crippen molar-refractivity contribution in [3.05, 3.63) is 22.7 Å². The van der Waals surface area contributed by atoms with Gasteiger partial charge >= 0.3 is 0 Å². The van der Waals surface area contributed by atoms with Crippen LogP contribution in [0.15, 0.2) is 12.0 Å². The van der Waals surface area contributed by atoms with E-state index in [0.717, 1.165) is 5.01 Å². The lowest BCUT2D eigenvalue weighted by atomic mass is 10.2. The molecule has 0 atom stereocenters. The van der Waals surface area contributed by atoms with E-state index in [4.69, 9.17) is 5.11 Å². The molecule has 0 unspecified atom stereocenters. The standard InChI is InChI=1S/C8H11NOS/c1-5(2)8-9-7(4-11-8)6(3)10/h4-5,10H,3H2,1-2H3. The second kappa shape index (κ2) is 3.05. The van der Waals surface area contributed by atoms with Gasteiger partial charge in [-0.2, -0.15) is 0 Å². The first-order valence-electron chi connectivity index (χ1n) is 3.45. The third-order valence-corrected chi connectivity index (χ3v) is 2.46. The minimum atomic E-state index is 0.0492. The Morgan fingerprint density at radius 2 is 2.36 bits per heavy atom. The van der Waals surface area contributed by atoms with Crippen molar-refractivity contribution in [1.82, 2.24) is 4.98 Å². The van der Waals surface area contributed by atoms with Crippen LogP contribution in [0.5, 0.6) is 0 Å². The maximum Gasteiger partial charge on any atom is 0.134 e. The van der Waals surface area contributed by atoms with Gasteiger partial charge < -0.3 is 5.11 Å². The number of aromatic nitrogens is 1. The van der Waals surface area contributed by atoms with Gasteiger partial charge in [0, 0.05) is 11.3 Å². The van der Waals surface area contributed by atoms with Gasteiger partial charge in [-0.15, -0.1) is 11.3 Å². The topological polar surface area (TPSA) is 33.1 Å². The van der Waals surface area contributed by atoms with Crippen molar-refractivity contribution >= 4 is 17.1 Å². The molecule has 0 aliphatic rings. The molecular weight excluding hydrogens is 158 g/mol. The number of thiazole rings is 1. The highest BCUT2D eigenvalue weighted by atomic mass is 32.1. The average Bonchev–Trinajstić information content (AvgIpc) is 2.33. The first kappa shape index (κ1) is 8.27. The molecule has 0 spiro atoms. The largest absolute Gasteiger partial charge is 0.506 e. The monoisotopic (exact) mass is 169 g/mol. The number of aliphatic hydroxyl groups is 1. The van der Waals surface area contributed by atoms with Crippen molar-refractivity contribution in [3.8, 4) is 0 Å². The molecule has 1 aromatic heterocycles. The average molecular weight is 169 g/mol. The maximum atomic E-state index is 8.97. The van der Waals surface area contributed by atoms with Gasteiger partial charge in [0.2, 0.25) is 0 Å². The molecule has 11 heavy (non-hydrogen) atoms. The predicted octanol–water partition coefficient (Wildman–Crippen LogP) is 2.80. The van der Waals surface area contributed by atoms with Crippen LogP contribution in [0.25, 0.3) is 5.76 Å². The fourth-order valence-electron chi connectivity index (χ4n) is 0.685. The Labute approximate surface area is 70.2 Å². The van der Waals surface area contributed by atoms with Crippen LogP contribution in [0.1, 0.15) is 30.5 Å². The first-order valence-corrected chi connectivity index (χ1v) is 4.33. The second-order valence-electron chi connectivity index (χ2n) is 2.67. The molecule has 0 bridgehead atoms. The molecule has 3 heteroatoms. The molecule has 0 aromatic carbocycles. The van der Waals surface area contributed by atoms with Crippen LogP contribution in [0.4, 0.5) is 0 Å². The summed E-state index contributed by atoms with van der Waals surface area (Å²) < 4.78 is 0. The Bertz CT molecular complexity index is 265. The Hall–Kier alpha value is -0.830. The Morgan fingerprint density at radius 1 is 1.73 bits per heavy atom. The lowest BCUT2D eigenvalue weighted by Gasteiger charge is -1.95. The summed E-state index contributed by atoms with van der Waals surface area (Å²) in [5.74, 6) is 0.473. The molecule has 60 valence electrons. The van der Waals surface area contributed by atoms with Crippen LogP contribution in [-0.2, 0) is 0 Å². The summed E-state index contributed by atoms with van der Waals surface area (Å²) >= 11 is 1.55. The Morgan fingerprint density at radius 3 is 2.64 bits per heavy atom. The minimum absolute atomic E-state index is 0.0492. The van der Waals surface area contributed by atoms with E-state index in [9.17, 15) is 0 Å². The zero-order valence-corrected chi connectivity index (χ0v) is 7.48. The molecule has 0 saturated heterocycles. The molecule has 0 radical (unpaired) electrons. The molecule has 2 nitrogen and oxygen atoms in total. The second-order valence-corrected chi connectivity index (χ2v) is 3.56. The van der Waals surface area contributed by atoms with Gasteiger partial charge in [-0.05, 0) is 0 Å². The van der Waals surface area contributed by atoms with Crippen LogP contribution in [0, 0.1) is 0 Å². The lowest BCUT2D eigenvalue weighted by molar-refractivity contribution is 0.511. The number of nitrogens with zero attached hydrogens (tertiary/aromatic N) is 1. The van der Waals surface area contributed by atoms with E-state index in [1.807, 2.05) is 5.38 Å². The van der Waals surface area contributed by atoms with Crippen molar-refractivity contribution in [1.29, 1.82) is 0 Å². The van der Waals surface area contributed by atoms with Crippen LogP contribution < -0.4 is 0 Å². The van der Waals surface area contributed by atoms with Gasteiger partial charge in [-0.3, -0.25) is 0 Å². The third-order valence-electron chi connectivity index (χ3n) is 1.31. The molecule has 1 N–H and O–H groups in total. The van der Waals surface area contributed by atoms with E-state index in [0.29, 0.717) is 11.6 Å². The predicted molar refractivity (Wildman–Crippen MR) is 47.9 cm³/mol. The molecule has 0 amide bonds. The van der Waals surface area contributed by atoms with E-state index < -0.39 is 0 Å². The molecule has 0 aliphatic carbocycles. The lowest BCUT2D eigenvalue weighted by Crippen LogP contribution is -1.86. The normalized spacial score (nSPS) is 10.5. The fourth-order valence-corrected chi connectivity index (χ4v) is 1.53. The highest BCUT2D eigenvalue weighted by Gasteiger charge is 2.06. The smallest absolute Gasteiger partial charge is 0.134 e. The van der Waals surface area contributed by atoms with E-state index >= 15 is 0 Å². The zero-order valence-electron chi connectivity index (χ0n) is 6.66. The summed E-state index contributed by atoms with van der Waals surface area (Å²) in [5, 5.41) is 11.8. The van der Waals surface area contributed by atoms with Crippen LogP contribution in [-0.4, -0.2) is 10.1 Å². The van der Waals surface area contributed by atoms with Gasteiger partial charge in [-0.25, -0.2) is 4.98 Å². The van der Waals surface area contributed by atoms with Gasteiger partial charge in [0.05, 0.1) is 5.01 Å². The van der Waals surface area contributed by atoms with Crippen molar-refractivity contribution in [2.24, 2.45) is 0 Å².